The van der Waals surface area contributed by atoms with E-state index in [4.69, 9.17) is 9.72 Å². The molecule has 3 heteroatoms. The summed E-state index contributed by atoms with van der Waals surface area (Å²) in [7, 11) is 1.71. The molecule has 0 fully saturated rings. The Balaban J connectivity index is 1.88. The normalized spacial score (nSPS) is 11.2. The zero-order valence-electron chi connectivity index (χ0n) is 13.9. The molecule has 0 amide bonds. The molecule has 119 valence electrons. The predicted molar refractivity (Wildman–Crippen MR) is 97.6 cm³/mol. The Hall–Kier alpha value is -2.81. The lowest BCUT2D eigenvalue weighted by atomic mass is 10.1. The summed E-state index contributed by atoms with van der Waals surface area (Å²) in [4.78, 5) is 4.74. The molecular formula is C21H19N2O. The van der Waals surface area contributed by atoms with Gasteiger partial charge in [0.1, 0.15) is 11.4 Å². The first-order valence-corrected chi connectivity index (χ1v) is 8.17. The summed E-state index contributed by atoms with van der Waals surface area (Å²) in [5, 5.41) is 1.12. The van der Waals surface area contributed by atoms with E-state index in [1.165, 1.54) is 5.56 Å². The number of ether oxygens (including phenoxy) is 1. The maximum atomic E-state index is 5.60. The van der Waals surface area contributed by atoms with E-state index in [1.807, 2.05) is 24.3 Å². The van der Waals surface area contributed by atoms with Crippen molar-refractivity contribution in [3.05, 3.63) is 84.0 Å². The lowest BCUT2D eigenvalue weighted by molar-refractivity contribution is 0.420. The van der Waals surface area contributed by atoms with Gasteiger partial charge in [0.05, 0.1) is 18.3 Å². The summed E-state index contributed by atoms with van der Waals surface area (Å²) >= 11 is 0. The molecule has 0 aliphatic carbocycles. The predicted octanol–water partition coefficient (Wildman–Crippen LogP) is 4.66. The monoisotopic (exact) mass is 315 g/mol. The number of nitrogens with zero attached hydrogens (tertiary/aromatic N) is 2. The van der Waals surface area contributed by atoms with Gasteiger partial charge in [-0.1, -0.05) is 43.3 Å². The molecule has 24 heavy (non-hydrogen) atoms. The van der Waals surface area contributed by atoms with Gasteiger partial charge in [-0.2, -0.15) is 0 Å². The first-order valence-electron chi connectivity index (χ1n) is 8.17. The molecule has 0 aliphatic rings. The minimum atomic E-state index is 0.865. The third-order valence-electron chi connectivity index (χ3n) is 4.34. The molecule has 2 heterocycles. The quantitative estimate of drug-likeness (QED) is 0.547. The van der Waals surface area contributed by atoms with Gasteiger partial charge in [-0.05, 0) is 29.7 Å². The van der Waals surface area contributed by atoms with Gasteiger partial charge in [-0.3, -0.25) is 4.40 Å². The van der Waals surface area contributed by atoms with Gasteiger partial charge in [0.15, 0.2) is 0 Å². The first-order chi connectivity index (χ1) is 11.8. The molecule has 2 aromatic heterocycles. The van der Waals surface area contributed by atoms with Crippen molar-refractivity contribution in [2.24, 2.45) is 0 Å². The first kappa shape index (κ1) is 14.8. The van der Waals surface area contributed by atoms with Crippen molar-refractivity contribution < 1.29 is 4.74 Å². The van der Waals surface area contributed by atoms with E-state index >= 15 is 0 Å². The van der Waals surface area contributed by atoms with Crippen LogP contribution in [0.3, 0.4) is 0 Å². The molecule has 0 spiro atoms. The number of methoxy groups -OCH3 is 1. The van der Waals surface area contributed by atoms with Crippen LogP contribution < -0.4 is 4.74 Å². The molecule has 2 aromatic carbocycles. The fourth-order valence-corrected chi connectivity index (χ4v) is 3.07. The maximum Gasteiger partial charge on any atom is 0.141 e. The molecule has 0 N–H and O–H groups in total. The Bertz CT molecular complexity index is 1000. The molecule has 0 saturated heterocycles. The second-order valence-corrected chi connectivity index (χ2v) is 5.87. The number of aromatic nitrogens is 2. The average molecular weight is 315 g/mol. The Morgan fingerprint density at radius 1 is 1.08 bits per heavy atom. The lowest BCUT2D eigenvalue weighted by Gasteiger charge is -2.09. The average Bonchev–Trinajstić information content (AvgIpc) is 3.03. The van der Waals surface area contributed by atoms with Crippen molar-refractivity contribution in [2.45, 2.75) is 13.3 Å². The van der Waals surface area contributed by atoms with Crippen LogP contribution in [0.1, 0.15) is 23.7 Å². The van der Waals surface area contributed by atoms with Crippen LogP contribution in [0.25, 0.3) is 16.6 Å². The van der Waals surface area contributed by atoms with Gasteiger partial charge in [0, 0.05) is 24.1 Å². The van der Waals surface area contributed by atoms with Crippen molar-refractivity contribution in [3.63, 3.8) is 0 Å². The highest BCUT2D eigenvalue weighted by Gasteiger charge is 2.11. The van der Waals surface area contributed by atoms with Crippen LogP contribution in [0, 0.1) is 6.42 Å². The second kappa shape index (κ2) is 6.00. The van der Waals surface area contributed by atoms with E-state index in [-0.39, 0.29) is 0 Å². The molecule has 4 aromatic rings. The Morgan fingerprint density at radius 2 is 1.92 bits per heavy atom. The highest BCUT2D eigenvalue weighted by molar-refractivity contribution is 5.89. The molecule has 0 saturated carbocycles. The number of fused-ring (bicyclic) bond motifs is 3. The van der Waals surface area contributed by atoms with E-state index in [1.54, 1.807) is 7.11 Å². The van der Waals surface area contributed by atoms with E-state index in [2.05, 4.69) is 54.3 Å². The van der Waals surface area contributed by atoms with Crippen LogP contribution in [0.4, 0.5) is 0 Å². The molecule has 4 rings (SSSR count). The number of rotatable bonds is 4. The minimum absolute atomic E-state index is 0.865. The Morgan fingerprint density at radius 3 is 2.67 bits per heavy atom. The SMILES string of the molecule is CCc1ccc2c(c1)c(OC)cc1nc([CH]c3ccccc3)cn12. The molecule has 3 nitrogen and oxygen atoms in total. The fraction of sp³-hybridized carbons (Fsp3) is 0.143. The number of aryl methyl sites for hydroxylation is 1. The van der Waals surface area contributed by atoms with Gasteiger partial charge in [-0.25, -0.2) is 4.98 Å². The van der Waals surface area contributed by atoms with Crippen molar-refractivity contribution in [2.75, 3.05) is 7.11 Å². The number of imidazole rings is 1. The molecule has 0 atom stereocenters. The standard InChI is InChI=1S/C21H19N2O/c1-3-15-9-10-19-18(12-15)20(24-2)13-21-22-17(14-23(19)21)11-16-7-5-4-6-8-16/h4-14H,3H2,1-2H3. The molecule has 0 unspecified atom stereocenters. The number of hydrogen-bond donors (Lipinski definition) is 0. The van der Waals surface area contributed by atoms with Crippen molar-refractivity contribution in [1.82, 2.24) is 9.38 Å². The number of pyridine rings is 1. The Labute approximate surface area is 141 Å². The number of hydrogen-bond acceptors (Lipinski definition) is 2. The van der Waals surface area contributed by atoms with Gasteiger partial charge in [0.2, 0.25) is 0 Å². The largest absolute Gasteiger partial charge is 0.496 e. The zero-order valence-corrected chi connectivity index (χ0v) is 13.9. The smallest absolute Gasteiger partial charge is 0.141 e. The van der Waals surface area contributed by atoms with Crippen molar-refractivity contribution in [1.29, 1.82) is 0 Å². The summed E-state index contributed by atoms with van der Waals surface area (Å²) in [6, 6.07) is 18.8. The van der Waals surface area contributed by atoms with E-state index in [0.717, 1.165) is 40.0 Å². The van der Waals surface area contributed by atoms with Gasteiger partial charge < -0.3 is 4.74 Å². The summed E-state index contributed by atoms with van der Waals surface area (Å²) in [5.41, 5.74) is 5.39. The van der Waals surface area contributed by atoms with Crippen LogP contribution in [0.5, 0.6) is 5.75 Å². The summed E-state index contributed by atoms with van der Waals surface area (Å²) in [6.45, 7) is 2.16. The second-order valence-electron chi connectivity index (χ2n) is 5.87. The summed E-state index contributed by atoms with van der Waals surface area (Å²) < 4.78 is 7.73. The van der Waals surface area contributed by atoms with Crippen LogP contribution >= 0.6 is 0 Å². The van der Waals surface area contributed by atoms with E-state index in [0.29, 0.717) is 0 Å². The van der Waals surface area contributed by atoms with Gasteiger partial charge >= 0.3 is 0 Å². The lowest BCUT2D eigenvalue weighted by Crippen LogP contribution is -1.93. The molecule has 0 aliphatic heterocycles. The minimum Gasteiger partial charge on any atom is -0.496 e. The van der Waals surface area contributed by atoms with Crippen LogP contribution in [-0.4, -0.2) is 16.5 Å². The van der Waals surface area contributed by atoms with Crippen molar-refractivity contribution >= 4 is 16.6 Å². The molecule has 1 radical (unpaired) electrons. The topological polar surface area (TPSA) is 26.5 Å². The van der Waals surface area contributed by atoms with E-state index < -0.39 is 0 Å². The summed E-state index contributed by atoms with van der Waals surface area (Å²) in [5.74, 6) is 0.865. The molecular weight excluding hydrogens is 296 g/mol. The third-order valence-corrected chi connectivity index (χ3v) is 4.34. The number of benzene rings is 2. The highest BCUT2D eigenvalue weighted by Crippen LogP contribution is 2.29. The fourth-order valence-electron chi connectivity index (χ4n) is 3.07. The van der Waals surface area contributed by atoms with Crippen LogP contribution in [0.2, 0.25) is 0 Å². The van der Waals surface area contributed by atoms with Gasteiger partial charge in [-0.15, -0.1) is 0 Å². The maximum absolute atomic E-state index is 5.60. The van der Waals surface area contributed by atoms with Crippen LogP contribution in [-0.2, 0) is 6.42 Å². The van der Waals surface area contributed by atoms with E-state index in [9.17, 15) is 0 Å². The zero-order chi connectivity index (χ0) is 16.5. The third kappa shape index (κ3) is 2.52. The highest BCUT2D eigenvalue weighted by atomic mass is 16.5. The van der Waals surface area contributed by atoms with Gasteiger partial charge in [0.25, 0.3) is 0 Å². The Kier molecular flexibility index (Phi) is 3.69. The van der Waals surface area contributed by atoms with Crippen LogP contribution in [0.15, 0.2) is 60.8 Å². The summed E-state index contributed by atoms with van der Waals surface area (Å²) in [6.07, 6.45) is 5.18. The van der Waals surface area contributed by atoms with Crippen molar-refractivity contribution in [3.8, 4) is 5.75 Å². The molecule has 0 bridgehead atoms.